The van der Waals surface area contributed by atoms with Gasteiger partial charge in [-0.2, -0.15) is 5.26 Å². The summed E-state index contributed by atoms with van der Waals surface area (Å²) in [4.78, 5) is 26.3. The number of likely N-dealkylation sites (N-methyl/N-ethyl adjacent to an activating group) is 1. The van der Waals surface area contributed by atoms with Crippen molar-refractivity contribution in [2.45, 2.75) is 20.8 Å². The normalized spacial score (nSPS) is 10.8. The molecule has 1 heterocycles. The van der Waals surface area contributed by atoms with Gasteiger partial charge in [0.25, 0.3) is 5.91 Å². The Hall–Kier alpha value is -2.55. The molecular formula is C14H17N3O3. The first-order chi connectivity index (χ1) is 9.46. The molecule has 2 N–H and O–H groups in total. The highest BCUT2D eigenvalue weighted by atomic mass is 16.5. The number of nitrogens with zero attached hydrogens (tertiary/aromatic N) is 1. The quantitative estimate of drug-likeness (QED) is 0.494. The molecule has 106 valence electrons. The van der Waals surface area contributed by atoms with Gasteiger partial charge in [0.2, 0.25) is 0 Å². The van der Waals surface area contributed by atoms with Crippen LogP contribution in [0.15, 0.2) is 5.57 Å². The van der Waals surface area contributed by atoms with E-state index in [9.17, 15) is 9.59 Å². The standard InChI is InChI=1S/C14H17N3O3/c1-5-20-14(19)12-8(2)11(17-9(12)3)6-10(7-15)13(18)16-4/h6,17H,5H2,1-4H3,(H,16,18)/b10-6+. The molecule has 1 aromatic heterocycles. The molecule has 0 fully saturated rings. The van der Waals surface area contributed by atoms with Gasteiger partial charge in [0.05, 0.1) is 12.2 Å². The Labute approximate surface area is 117 Å². The summed E-state index contributed by atoms with van der Waals surface area (Å²) in [6.07, 6.45) is 1.42. The number of hydrogen-bond acceptors (Lipinski definition) is 4. The van der Waals surface area contributed by atoms with E-state index in [0.29, 0.717) is 22.5 Å². The van der Waals surface area contributed by atoms with Crippen LogP contribution < -0.4 is 5.32 Å². The Morgan fingerprint density at radius 1 is 1.45 bits per heavy atom. The maximum Gasteiger partial charge on any atom is 0.340 e. The van der Waals surface area contributed by atoms with Crippen LogP contribution in [-0.2, 0) is 9.53 Å². The van der Waals surface area contributed by atoms with Gasteiger partial charge in [-0.25, -0.2) is 4.79 Å². The van der Waals surface area contributed by atoms with E-state index < -0.39 is 11.9 Å². The Morgan fingerprint density at radius 2 is 2.10 bits per heavy atom. The smallest absolute Gasteiger partial charge is 0.340 e. The Bertz CT molecular complexity index is 606. The molecule has 0 saturated heterocycles. The van der Waals surface area contributed by atoms with Crippen LogP contribution in [0.1, 0.15) is 34.2 Å². The lowest BCUT2D eigenvalue weighted by atomic mass is 10.1. The van der Waals surface area contributed by atoms with Gasteiger partial charge in [0, 0.05) is 18.4 Å². The highest BCUT2D eigenvalue weighted by molar-refractivity contribution is 6.02. The number of rotatable bonds is 4. The third-order valence-corrected chi connectivity index (χ3v) is 2.84. The van der Waals surface area contributed by atoms with E-state index in [0.717, 1.165) is 0 Å². The zero-order valence-corrected chi connectivity index (χ0v) is 12.0. The van der Waals surface area contributed by atoms with E-state index in [-0.39, 0.29) is 12.2 Å². The molecule has 1 amide bonds. The van der Waals surface area contributed by atoms with Gasteiger partial charge >= 0.3 is 5.97 Å². The summed E-state index contributed by atoms with van der Waals surface area (Å²) in [6, 6.07) is 1.82. The minimum atomic E-state index is -0.475. The molecule has 0 unspecified atom stereocenters. The van der Waals surface area contributed by atoms with Crippen LogP contribution in [0.3, 0.4) is 0 Å². The maximum atomic E-state index is 11.8. The first kappa shape index (κ1) is 15.5. The van der Waals surface area contributed by atoms with Gasteiger partial charge < -0.3 is 15.0 Å². The second-order valence-electron chi connectivity index (χ2n) is 4.13. The van der Waals surface area contributed by atoms with Crippen molar-refractivity contribution in [3.8, 4) is 6.07 Å². The number of carbonyl (C=O) groups is 2. The van der Waals surface area contributed by atoms with Crippen LogP contribution in [0, 0.1) is 25.2 Å². The molecule has 6 nitrogen and oxygen atoms in total. The summed E-state index contributed by atoms with van der Waals surface area (Å²) in [5.74, 6) is -0.895. The summed E-state index contributed by atoms with van der Waals surface area (Å²) in [5.41, 5.74) is 2.24. The zero-order valence-electron chi connectivity index (χ0n) is 12.0. The van der Waals surface area contributed by atoms with E-state index in [1.807, 2.05) is 6.07 Å². The second-order valence-corrected chi connectivity index (χ2v) is 4.13. The fraction of sp³-hybridized carbons (Fsp3) is 0.357. The Kier molecular flexibility index (Phi) is 5.09. The molecule has 1 aromatic rings. The number of nitriles is 1. The highest BCUT2D eigenvalue weighted by Crippen LogP contribution is 2.21. The molecule has 0 atom stereocenters. The van der Waals surface area contributed by atoms with E-state index in [4.69, 9.17) is 10.00 Å². The van der Waals surface area contributed by atoms with Gasteiger partial charge in [0.15, 0.2) is 0 Å². The number of aromatic amines is 1. The predicted octanol–water partition coefficient (Wildman–Crippen LogP) is 1.46. The molecule has 1 rings (SSSR count). The fourth-order valence-electron chi connectivity index (χ4n) is 1.86. The van der Waals surface area contributed by atoms with Crippen molar-refractivity contribution in [2.75, 3.05) is 13.7 Å². The number of nitrogens with one attached hydrogen (secondary N) is 2. The van der Waals surface area contributed by atoms with Crippen molar-refractivity contribution in [2.24, 2.45) is 0 Å². The Balaban J connectivity index is 3.26. The van der Waals surface area contributed by atoms with Crippen molar-refractivity contribution >= 4 is 18.0 Å². The summed E-state index contributed by atoms with van der Waals surface area (Å²) < 4.78 is 4.98. The molecule has 20 heavy (non-hydrogen) atoms. The number of aryl methyl sites for hydroxylation is 1. The highest BCUT2D eigenvalue weighted by Gasteiger charge is 2.19. The molecule has 0 aromatic carbocycles. The number of aromatic nitrogens is 1. The third-order valence-electron chi connectivity index (χ3n) is 2.84. The van der Waals surface area contributed by atoms with Crippen molar-refractivity contribution in [1.29, 1.82) is 5.26 Å². The molecule has 0 radical (unpaired) electrons. The number of hydrogen-bond donors (Lipinski definition) is 2. The van der Waals surface area contributed by atoms with Gasteiger partial charge in [-0.1, -0.05) is 0 Å². The molecule has 0 spiro atoms. The van der Waals surface area contributed by atoms with Gasteiger partial charge in [0.1, 0.15) is 11.6 Å². The van der Waals surface area contributed by atoms with Crippen molar-refractivity contribution in [3.63, 3.8) is 0 Å². The van der Waals surface area contributed by atoms with E-state index in [1.54, 1.807) is 20.8 Å². The van der Waals surface area contributed by atoms with E-state index in [1.165, 1.54) is 13.1 Å². The lowest BCUT2D eigenvalue weighted by molar-refractivity contribution is -0.116. The van der Waals surface area contributed by atoms with Crippen molar-refractivity contribution < 1.29 is 14.3 Å². The Morgan fingerprint density at radius 3 is 2.60 bits per heavy atom. The minimum absolute atomic E-state index is 0.0349. The number of amides is 1. The molecule has 0 saturated carbocycles. The first-order valence-electron chi connectivity index (χ1n) is 6.16. The summed E-state index contributed by atoms with van der Waals surface area (Å²) in [7, 11) is 1.45. The molecule has 0 aliphatic heterocycles. The fourth-order valence-corrected chi connectivity index (χ4v) is 1.86. The van der Waals surface area contributed by atoms with Gasteiger partial charge in [-0.3, -0.25) is 4.79 Å². The lowest BCUT2D eigenvalue weighted by Crippen LogP contribution is -2.19. The SMILES string of the molecule is CCOC(=O)c1c(C)[nH]c(/C=C(\C#N)C(=O)NC)c1C. The predicted molar refractivity (Wildman–Crippen MR) is 73.9 cm³/mol. The second kappa shape index (κ2) is 6.57. The van der Waals surface area contributed by atoms with Crippen LogP contribution in [0.4, 0.5) is 0 Å². The van der Waals surface area contributed by atoms with Crippen molar-refractivity contribution in [1.82, 2.24) is 10.3 Å². The topological polar surface area (TPSA) is 95.0 Å². The molecule has 6 heteroatoms. The third kappa shape index (κ3) is 3.06. The number of esters is 1. The average Bonchev–Trinajstić information content (AvgIpc) is 2.70. The van der Waals surface area contributed by atoms with E-state index in [2.05, 4.69) is 10.3 Å². The largest absolute Gasteiger partial charge is 0.462 e. The summed E-state index contributed by atoms with van der Waals surface area (Å²) >= 11 is 0. The van der Waals surface area contributed by atoms with Crippen LogP contribution in [0.5, 0.6) is 0 Å². The van der Waals surface area contributed by atoms with Crippen LogP contribution in [0.25, 0.3) is 6.08 Å². The lowest BCUT2D eigenvalue weighted by Gasteiger charge is -2.02. The average molecular weight is 275 g/mol. The molecular weight excluding hydrogens is 258 g/mol. The molecule has 0 aliphatic carbocycles. The van der Waals surface area contributed by atoms with Crippen LogP contribution in [0.2, 0.25) is 0 Å². The summed E-state index contributed by atoms with van der Waals surface area (Å²) in [6.45, 7) is 5.49. The zero-order chi connectivity index (χ0) is 15.3. The summed E-state index contributed by atoms with van der Waals surface area (Å²) in [5, 5.41) is 11.3. The van der Waals surface area contributed by atoms with Gasteiger partial charge in [-0.15, -0.1) is 0 Å². The molecule has 0 bridgehead atoms. The van der Waals surface area contributed by atoms with E-state index >= 15 is 0 Å². The maximum absolute atomic E-state index is 11.8. The number of ether oxygens (including phenoxy) is 1. The number of H-pyrrole nitrogens is 1. The van der Waals surface area contributed by atoms with Crippen LogP contribution >= 0.6 is 0 Å². The van der Waals surface area contributed by atoms with Crippen molar-refractivity contribution in [3.05, 3.63) is 28.1 Å². The van der Waals surface area contributed by atoms with Gasteiger partial charge in [-0.05, 0) is 32.4 Å². The number of carbonyl (C=O) groups excluding carboxylic acids is 2. The van der Waals surface area contributed by atoms with Crippen LogP contribution in [-0.4, -0.2) is 30.5 Å². The molecule has 0 aliphatic rings. The monoisotopic (exact) mass is 275 g/mol. The minimum Gasteiger partial charge on any atom is -0.462 e. The first-order valence-corrected chi connectivity index (χ1v) is 6.16.